The molecule has 204 valence electrons. The second-order valence-corrected chi connectivity index (χ2v) is 10.4. The van der Waals surface area contributed by atoms with Crippen LogP contribution >= 0.6 is 0 Å². The average molecular weight is 530 g/mol. The van der Waals surface area contributed by atoms with E-state index in [1.807, 2.05) is 37.0 Å². The second kappa shape index (κ2) is 10.9. The maximum atomic E-state index is 12.0. The van der Waals surface area contributed by atoms with E-state index in [2.05, 4.69) is 40.0 Å². The largest absolute Gasteiger partial charge is 0.494 e. The summed E-state index contributed by atoms with van der Waals surface area (Å²) in [7, 11) is 7.33. The molecular weight excluding hydrogens is 494 g/mol. The third-order valence-corrected chi connectivity index (χ3v) is 7.32. The Balaban J connectivity index is 1.54. The van der Waals surface area contributed by atoms with E-state index in [1.165, 1.54) is 34.6 Å². The number of methoxy groups -OCH3 is 1. The van der Waals surface area contributed by atoms with Crippen molar-refractivity contribution >= 4 is 33.9 Å². The van der Waals surface area contributed by atoms with Crippen molar-refractivity contribution in [2.24, 2.45) is 0 Å². The number of nitro groups is 1. The first-order valence-corrected chi connectivity index (χ1v) is 13.2. The van der Waals surface area contributed by atoms with Crippen molar-refractivity contribution in [1.29, 1.82) is 0 Å². The number of fused-ring (bicyclic) bond motifs is 3. The minimum Gasteiger partial charge on any atom is -0.494 e. The first-order valence-electron chi connectivity index (χ1n) is 13.2. The van der Waals surface area contributed by atoms with Crippen LogP contribution in [0, 0.1) is 17.0 Å². The van der Waals surface area contributed by atoms with Gasteiger partial charge in [-0.05, 0) is 58.5 Å². The van der Waals surface area contributed by atoms with E-state index in [1.54, 1.807) is 19.4 Å². The molecule has 0 unspecified atom stereocenters. The van der Waals surface area contributed by atoms with Crippen LogP contribution in [0.1, 0.15) is 24.1 Å². The quantitative estimate of drug-likeness (QED) is 0.227. The molecule has 2 aromatic carbocycles. The summed E-state index contributed by atoms with van der Waals surface area (Å²) in [5, 5.41) is 16.4. The molecule has 0 spiro atoms. The van der Waals surface area contributed by atoms with Gasteiger partial charge in [0.15, 0.2) is 0 Å². The summed E-state index contributed by atoms with van der Waals surface area (Å²) < 4.78 is 8.05. The van der Waals surface area contributed by atoms with E-state index in [9.17, 15) is 10.1 Å². The summed E-state index contributed by atoms with van der Waals surface area (Å²) in [4.78, 5) is 24.9. The molecule has 1 aliphatic rings. The predicted octanol–water partition coefficient (Wildman–Crippen LogP) is 5.40. The lowest BCUT2D eigenvalue weighted by Crippen LogP contribution is -2.28. The lowest BCUT2D eigenvalue weighted by atomic mass is 10.0. The SMILES string of the molecule is COc1cc(N(C)CCN(C)C)c([N+](=O)[O-])cc1Nc1nccc(-c2c3n(c4ccc(C)cc24)CCCC3)n1. The smallest absolute Gasteiger partial charge is 0.294 e. The molecule has 0 amide bonds. The molecule has 0 atom stereocenters. The monoisotopic (exact) mass is 529 g/mol. The highest BCUT2D eigenvalue weighted by atomic mass is 16.6. The highest BCUT2D eigenvalue weighted by Crippen LogP contribution is 2.40. The third-order valence-electron chi connectivity index (χ3n) is 7.32. The molecular formula is C29H35N7O3. The van der Waals surface area contributed by atoms with Gasteiger partial charge >= 0.3 is 0 Å². The van der Waals surface area contributed by atoms with Crippen LogP contribution < -0.4 is 15.0 Å². The molecule has 0 aliphatic carbocycles. The Morgan fingerprint density at radius 3 is 2.69 bits per heavy atom. The summed E-state index contributed by atoms with van der Waals surface area (Å²) in [5.74, 6) is 0.828. The number of nitrogens with one attached hydrogen (secondary N) is 1. The second-order valence-electron chi connectivity index (χ2n) is 10.4. The Kier molecular flexibility index (Phi) is 7.38. The van der Waals surface area contributed by atoms with Gasteiger partial charge < -0.3 is 24.4 Å². The lowest BCUT2D eigenvalue weighted by Gasteiger charge is -2.22. The Morgan fingerprint density at radius 1 is 1.13 bits per heavy atom. The van der Waals surface area contributed by atoms with Gasteiger partial charge in [0, 0.05) is 67.2 Å². The van der Waals surface area contributed by atoms with Gasteiger partial charge in [-0.3, -0.25) is 10.1 Å². The fraction of sp³-hybridized carbons (Fsp3) is 0.379. The number of anilines is 3. The van der Waals surface area contributed by atoms with Gasteiger partial charge in [-0.15, -0.1) is 0 Å². The zero-order valence-corrected chi connectivity index (χ0v) is 23.2. The zero-order valence-electron chi connectivity index (χ0n) is 23.2. The van der Waals surface area contributed by atoms with Gasteiger partial charge in [0.2, 0.25) is 5.95 Å². The number of nitrogens with zero attached hydrogens (tertiary/aromatic N) is 6. The summed E-state index contributed by atoms with van der Waals surface area (Å²) in [6, 6.07) is 11.7. The number of aromatic nitrogens is 3. The fourth-order valence-electron chi connectivity index (χ4n) is 5.31. The number of rotatable bonds is 9. The van der Waals surface area contributed by atoms with Crippen molar-refractivity contribution in [2.75, 3.05) is 51.6 Å². The zero-order chi connectivity index (χ0) is 27.7. The van der Waals surface area contributed by atoms with Gasteiger partial charge in [0.25, 0.3) is 5.69 Å². The van der Waals surface area contributed by atoms with Gasteiger partial charge in [0.05, 0.1) is 23.4 Å². The molecule has 10 nitrogen and oxygen atoms in total. The third kappa shape index (κ3) is 5.24. The molecule has 0 bridgehead atoms. The standard InChI is InChI=1S/C29H35N7O3/c1-19-9-10-23-20(16-19)28(24-8-6-7-13-35(23)24)21-11-12-30-29(31-21)32-22-17-26(36(37)38)25(18-27(22)39-5)34(4)15-14-33(2)3/h9-12,16-18H,6-8,13-15H2,1-5H3,(H,30,31,32). The van der Waals surface area contributed by atoms with Crippen LogP contribution in [-0.4, -0.2) is 65.7 Å². The molecule has 5 rings (SSSR count). The first-order chi connectivity index (χ1) is 18.8. The summed E-state index contributed by atoms with van der Waals surface area (Å²) in [6.07, 6.45) is 5.04. The number of hydrogen-bond acceptors (Lipinski definition) is 8. The Morgan fingerprint density at radius 2 is 1.95 bits per heavy atom. The normalized spacial score (nSPS) is 13.0. The number of nitro benzene ring substituents is 1. The molecule has 2 aromatic heterocycles. The van der Waals surface area contributed by atoms with Gasteiger partial charge in [-0.2, -0.15) is 0 Å². The van der Waals surface area contributed by atoms with E-state index >= 15 is 0 Å². The van der Waals surface area contributed by atoms with Crippen molar-refractivity contribution < 1.29 is 9.66 Å². The highest BCUT2D eigenvalue weighted by Gasteiger charge is 2.24. The van der Waals surface area contributed by atoms with E-state index in [0.29, 0.717) is 29.6 Å². The van der Waals surface area contributed by atoms with Crippen LogP contribution in [0.3, 0.4) is 0 Å². The molecule has 0 saturated heterocycles. The van der Waals surface area contributed by atoms with E-state index in [4.69, 9.17) is 9.72 Å². The van der Waals surface area contributed by atoms with Crippen molar-refractivity contribution in [1.82, 2.24) is 19.4 Å². The van der Waals surface area contributed by atoms with E-state index < -0.39 is 0 Å². The van der Waals surface area contributed by atoms with Gasteiger partial charge in [0.1, 0.15) is 11.4 Å². The molecule has 0 fully saturated rings. The van der Waals surface area contributed by atoms with Crippen LogP contribution in [0.15, 0.2) is 42.6 Å². The van der Waals surface area contributed by atoms with Crippen molar-refractivity contribution in [3.8, 4) is 17.0 Å². The summed E-state index contributed by atoms with van der Waals surface area (Å²) in [5.41, 5.74) is 6.59. The molecule has 4 aromatic rings. The maximum Gasteiger partial charge on any atom is 0.294 e. The lowest BCUT2D eigenvalue weighted by molar-refractivity contribution is -0.384. The summed E-state index contributed by atoms with van der Waals surface area (Å²) in [6.45, 7) is 4.49. The van der Waals surface area contributed by atoms with Crippen LogP contribution in [0.25, 0.3) is 22.2 Å². The molecule has 0 saturated carbocycles. The fourth-order valence-corrected chi connectivity index (χ4v) is 5.31. The highest BCUT2D eigenvalue weighted by molar-refractivity contribution is 5.98. The predicted molar refractivity (Wildman–Crippen MR) is 155 cm³/mol. The molecule has 1 N–H and O–H groups in total. The van der Waals surface area contributed by atoms with Crippen LogP contribution in [0.2, 0.25) is 0 Å². The Hall–Kier alpha value is -4.18. The topological polar surface area (TPSA) is 102 Å². The van der Waals surface area contributed by atoms with Crippen molar-refractivity contribution in [3.05, 3.63) is 64.0 Å². The molecule has 1 aliphatic heterocycles. The van der Waals surface area contributed by atoms with Gasteiger partial charge in [-0.25, -0.2) is 9.97 Å². The van der Waals surface area contributed by atoms with Crippen LogP contribution in [0.4, 0.5) is 23.0 Å². The number of benzene rings is 2. The van der Waals surface area contributed by atoms with E-state index in [0.717, 1.165) is 37.2 Å². The molecule has 10 heteroatoms. The van der Waals surface area contributed by atoms with Crippen molar-refractivity contribution in [2.45, 2.75) is 32.7 Å². The van der Waals surface area contributed by atoms with Crippen molar-refractivity contribution in [3.63, 3.8) is 0 Å². The number of aryl methyl sites for hydroxylation is 2. The maximum absolute atomic E-state index is 12.0. The van der Waals surface area contributed by atoms with Crippen LogP contribution in [0.5, 0.6) is 5.75 Å². The number of likely N-dealkylation sites (N-methyl/N-ethyl adjacent to an activating group) is 2. The summed E-state index contributed by atoms with van der Waals surface area (Å²) >= 11 is 0. The Bertz CT molecular complexity index is 1530. The minimum absolute atomic E-state index is 0.0151. The first kappa shape index (κ1) is 26.4. The van der Waals surface area contributed by atoms with Crippen LogP contribution in [-0.2, 0) is 13.0 Å². The number of hydrogen-bond donors (Lipinski definition) is 1. The average Bonchev–Trinajstić information content (AvgIpc) is 3.24. The van der Waals surface area contributed by atoms with Gasteiger partial charge in [-0.1, -0.05) is 11.6 Å². The van der Waals surface area contributed by atoms with E-state index in [-0.39, 0.29) is 10.6 Å². The molecule has 3 heterocycles. The molecule has 39 heavy (non-hydrogen) atoms. The molecule has 0 radical (unpaired) electrons. The number of ether oxygens (including phenoxy) is 1. The Labute approximate surface area is 228 Å². The minimum atomic E-state index is -0.370.